The molecular formula is C31H38N4O5. The number of aryl methyl sites for hydroxylation is 1. The van der Waals surface area contributed by atoms with Crippen molar-refractivity contribution in [2.24, 2.45) is 0 Å². The lowest BCUT2D eigenvalue weighted by atomic mass is 9.96. The summed E-state index contributed by atoms with van der Waals surface area (Å²) in [5, 5.41) is 11.6. The Morgan fingerprint density at radius 1 is 1.05 bits per heavy atom. The van der Waals surface area contributed by atoms with E-state index in [1.54, 1.807) is 22.4 Å². The van der Waals surface area contributed by atoms with E-state index in [1.807, 2.05) is 42.5 Å². The minimum Gasteiger partial charge on any atom is -0.505 e. The van der Waals surface area contributed by atoms with Gasteiger partial charge in [-0.15, -0.1) is 0 Å². The Balaban J connectivity index is 1.48. The Kier molecular flexibility index (Phi) is 8.81. The number of aliphatic hydroxyl groups is 1. The number of imidazole rings is 1. The molecule has 4 heterocycles. The van der Waals surface area contributed by atoms with Crippen LogP contribution in [-0.2, 0) is 14.3 Å². The zero-order valence-electron chi connectivity index (χ0n) is 23.3. The summed E-state index contributed by atoms with van der Waals surface area (Å²) in [5.74, 6) is -0.754. The lowest BCUT2D eigenvalue weighted by Crippen LogP contribution is -2.38. The number of Topliss-reactive ketones (excluding diaryl/α,β-unsaturated/α-hetero) is 1. The van der Waals surface area contributed by atoms with Crippen molar-refractivity contribution in [1.29, 1.82) is 0 Å². The number of morpholine rings is 1. The molecule has 2 aromatic heterocycles. The van der Waals surface area contributed by atoms with Crippen molar-refractivity contribution in [2.45, 2.75) is 45.6 Å². The quantitative estimate of drug-likeness (QED) is 0.165. The van der Waals surface area contributed by atoms with Gasteiger partial charge in [0.1, 0.15) is 17.1 Å². The number of likely N-dealkylation sites (tertiary alicyclic amines) is 1. The molecule has 9 nitrogen and oxygen atoms in total. The summed E-state index contributed by atoms with van der Waals surface area (Å²) in [7, 11) is 0. The van der Waals surface area contributed by atoms with E-state index in [2.05, 4.69) is 16.8 Å². The number of hydrogen-bond acceptors (Lipinski definition) is 7. The largest absolute Gasteiger partial charge is 0.505 e. The molecule has 2 saturated heterocycles. The smallest absolute Gasteiger partial charge is 0.295 e. The summed E-state index contributed by atoms with van der Waals surface area (Å²) in [6.07, 6.45) is 5.72. The summed E-state index contributed by atoms with van der Waals surface area (Å²) < 4.78 is 13.1. The Hall–Kier alpha value is -3.69. The lowest BCUT2D eigenvalue weighted by Gasteiger charge is -2.29. The molecule has 5 rings (SSSR count). The second-order valence-electron chi connectivity index (χ2n) is 10.4. The lowest BCUT2D eigenvalue weighted by molar-refractivity contribution is -0.140. The first-order valence-electron chi connectivity index (χ1n) is 14.2. The van der Waals surface area contributed by atoms with Gasteiger partial charge >= 0.3 is 0 Å². The second kappa shape index (κ2) is 12.7. The van der Waals surface area contributed by atoms with E-state index in [0.29, 0.717) is 49.8 Å². The second-order valence-corrected chi connectivity index (χ2v) is 10.4. The third-order valence-electron chi connectivity index (χ3n) is 7.66. The van der Waals surface area contributed by atoms with Gasteiger partial charge in [-0.3, -0.25) is 18.9 Å². The van der Waals surface area contributed by atoms with Crippen LogP contribution in [0.3, 0.4) is 0 Å². The number of ether oxygens (including phenoxy) is 2. The summed E-state index contributed by atoms with van der Waals surface area (Å²) >= 11 is 0. The standard InChI is InChI=1S/C31H38N4O5/c1-3-4-7-19-40-24-12-10-23(11-13-24)28-26(29(36)27-22(2)32-25-9-5-6-15-34(25)27)30(37)31(38)35(28)16-8-14-33-17-20-39-21-18-33/h5-6,9-13,15,28,36H,3-4,7-8,14,16-21H2,1-2H3/b29-26+. The van der Waals surface area contributed by atoms with Gasteiger partial charge in [-0.25, -0.2) is 4.98 Å². The van der Waals surface area contributed by atoms with Crippen molar-refractivity contribution in [1.82, 2.24) is 19.2 Å². The Morgan fingerprint density at radius 2 is 1.82 bits per heavy atom. The number of pyridine rings is 1. The van der Waals surface area contributed by atoms with Crippen LogP contribution in [-0.4, -0.2) is 82.0 Å². The first-order chi connectivity index (χ1) is 19.5. The maximum Gasteiger partial charge on any atom is 0.295 e. The summed E-state index contributed by atoms with van der Waals surface area (Å²) in [5.41, 5.74) is 2.49. The molecule has 2 aliphatic heterocycles. The van der Waals surface area contributed by atoms with E-state index >= 15 is 0 Å². The molecule has 2 fully saturated rings. The summed E-state index contributed by atoms with van der Waals surface area (Å²) in [4.78, 5) is 35.4. The number of nitrogens with zero attached hydrogens (tertiary/aromatic N) is 4. The molecule has 1 atom stereocenters. The highest BCUT2D eigenvalue weighted by atomic mass is 16.5. The third-order valence-corrected chi connectivity index (χ3v) is 7.66. The van der Waals surface area contributed by atoms with E-state index in [0.717, 1.165) is 50.2 Å². The number of aromatic nitrogens is 2. The highest BCUT2D eigenvalue weighted by Gasteiger charge is 2.46. The van der Waals surface area contributed by atoms with Crippen molar-refractivity contribution >= 4 is 23.1 Å². The molecule has 0 spiro atoms. The van der Waals surface area contributed by atoms with Crippen molar-refractivity contribution < 1.29 is 24.2 Å². The molecule has 1 aromatic carbocycles. The van der Waals surface area contributed by atoms with Gasteiger partial charge in [0, 0.05) is 32.4 Å². The van der Waals surface area contributed by atoms with Crippen molar-refractivity contribution in [3.8, 4) is 5.75 Å². The minimum absolute atomic E-state index is 0.0849. The van der Waals surface area contributed by atoms with Crippen LogP contribution in [0.25, 0.3) is 11.4 Å². The van der Waals surface area contributed by atoms with Crippen LogP contribution in [0.4, 0.5) is 0 Å². The topological polar surface area (TPSA) is 96.6 Å². The monoisotopic (exact) mass is 546 g/mol. The van der Waals surface area contributed by atoms with Crippen LogP contribution in [0, 0.1) is 6.92 Å². The molecule has 9 heteroatoms. The Labute approximate surface area is 235 Å². The number of unbranched alkanes of at least 4 members (excludes halogenated alkanes) is 2. The summed E-state index contributed by atoms with van der Waals surface area (Å²) in [6.45, 7) is 8.90. The molecular weight excluding hydrogens is 508 g/mol. The average Bonchev–Trinajstić information content (AvgIpc) is 3.44. The Bertz CT molecular complexity index is 1370. The first-order valence-corrected chi connectivity index (χ1v) is 14.2. The van der Waals surface area contributed by atoms with Gasteiger partial charge in [0.2, 0.25) is 0 Å². The fraction of sp³-hybridized carbons (Fsp3) is 0.452. The Morgan fingerprint density at radius 3 is 2.58 bits per heavy atom. The molecule has 212 valence electrons. The molecule has 1 N–H and O–H groups in total. The van der Waals surface area contributed by atoms with Gasteiger partial charge in [0.25, 0.3) is 11.7 Å². The SMILES string of the molecule is CCCCCOc1ccc(C2/C(=C(\O)c3c(C)nc4ccccn34)C(=O)C(=O)N2CCCN2CCOCC2)cc1. The van der Waals surface area contributed by atoms with E-state index in [1.165, 1.54) is 0 Å². The maximum absolute atomic E-state index is 13.5. The van der Waals surface area contributed by atoms with Gasteiger partial charge in [0.05, 0.1) is 37.1 Å². The van der Waals surface area contributed by atoms with Crippen molar-refractivity contribution in [3.05, 3.63) is 71.2 Å². The number of aliphatic hydroxyl groups excluding tert-OH is 1. The van der Waals surface area contributed by atoms with Crippen molar-refractivity contribution in [2.75, 3.05) is 46.0 Å². The predicted octanol–water partition coefficient (Wildman–Crippen LogP) is 4.36. The first kappa shape index (κ1) is 27.9. The van der Waals surface area contributed by atoms with E-state index in [-0.39, 0.29) is 11.3 Å². The molecule has 1 unspecified atom stereocenters. The predicted molar refractivity (Wildman–Crippen MR) is 152 cm³/mol. The van der Waals surface area contributed by atoms with Crippen LogP contribution < -0.4 is 4.74 Å². The fourth-order valence-corrected chi connectivity index (χ4v) is 5.56. The number of fused-ring (bicyclic) bond motifs is 1. The van der Waals surface area contributed by atoms with Gasteiger partial charge in [-0.1, -0.05) is 38.0 Å². The summed E-state index contributed by atoms with van der Waals surface area (Å²) in [6, 6.07) is 12.3. The van der Waals surface area contributed by atoms with Crippen LogP contribution >= 0.6 is 0 Å². The van der Waals surface area contributed by atoms with E-state index in [9.17, 15) is 14.7 Å². The number of ketones is 1. The maximum atomic E-state index is 13.5. The molecule has 1 amide bonds. The molecule has 0 bridgehead atoms. The van der Waals surface area contributed by atoms with E-state index < -0.39 is 17.7 Å². The molecule has 2 aliphatic rings. The van der Waals surface area contributed by atoms with Crippen molar-refractivity contribution in [3.63, 3.8) is 0 Å². The molecule has 40 heavy (non-hydrogen) atoms. The number of hydrogen-bond donors (Lipinski definition) is 1. The molecule has 0 radical (unpaired) electrons. The van der Waals surface area contributed by atoms with E-state index in [4.69, 9.17) is 9.47 Å². The number of carbonyl (C=O) groups excluding carboxylic acids is 2. The number of benzene rings is 1. The fourth-order valence-electron chi connectivity index (χ4n) is 5.56. The molecule has 0 aliphatic carbocycles. The minimum atomic E-state index is -0.715. The highest BCUT2D eigenvalue weighted by molar-refractivity contribution is 6.46. The average molecular weight is 547 g/mol. The zero-order valence-corrected chi connectivity index (χ0v) is 23.3. The highest BCUT2D eigenvalue weighted by Crippen LogP contribution is 2.40. The van der Waals surface area contributed by atoms with Gasteiger partial charge < -0.3 is 19.5 Å². The number of carbonyl (C=O) groups is 2. The van der Waals surface area contributed by atoms with Crippen LogP contribution in [0.5, 0.6) is 5.75 Å². The number of amides is 1. The molecule has 3 aromatic rings. The van der Waals surface area contributed by atoms with Crippen LogP contribution in [0.2, 0.25) is 0 Å². The van der Waals surface area contributed by atoms with Crippen LogP contribution in [0.1, 0.15) is 55.6 Å². The normalized spacial score (nSPS) is 19.6. The third kappa shape index (κ3) is 5.76. The molecule has 0 saturated carbocycles. The van der Waals surface area contributed by atoms with Gasteiger partial charge in [-0.05, 0) is 49.6 Å². The number of rotatable bonds is 11. The van der Waals surface area contributed by atoms with Gasteiger partial charge in [0.15, 0.2) is 5.76 Å². The van der Waals surface area contributed by atoms with Gasteiger partial charge in [-0.2, -0.15) is 0 Å². The zero-order chi connectivity index (χ0) is 28.1. The van der Waals surface area contributed by atoms with Crippen LogP contribution in [0.15, 0.2) is 54.2 Å².